The Bertz CT molecular complexity index is 216. The van der Waals surface area contributed by atoms with Crippen LogP contribution in [-0.2, 0) is 4.79 Å². The van der Waals surface area contributed by atoms with Crippen molar-refractivity contribution < 1.29 is 9.90 Å². The molecule has 0 saturated heterocycles. The van der Waals surface area contributed by atoms with Crippen LogP contribution in [0.15, 0.2) is 11.6 Å². The number of ketones is 1. The highest BCUT2D eigenvalue weighted by Crippen LogP contribution is 2.26. The Hall–Kier alpha value is -0.630. The molecule has 2 heteroatoms. The van der Waals surface area contributed by atoms with Gasteiger partial charge in [0.25, 0.3) is 0 Å². The molecule has 1 N–H and O–H groups in total. The fourth-order valence-corrected chi connectivity index (χ4v) is 1.57. The number of carbonyl (C=O) groups is 1. The fourth-order valence-electron chi connectivity index (χ4n) is 1.57. The summed E-state index contributed by atoms with van der Waals surface area (Å²) in [6.45, 7) is 5.84. The summed E-state index contributed by atoms with van der Waals surface area (Å²) in [5.41, 5.74) is 0.803. The Labute approximate surface area is 73.3 Å². The fraction of sp³-hybridized carbons (Fsp3) is 0.700. The molecular weight excluding hydrogens is 152 g/mol. The summed E-state index contributed by atoms with van der Waals surface area (Å²) >= 11 is 0. The summed E-state index contributed by atoms with van der Waals surface area (Å²) in [5, 5.41) is 9.49. The first-order chi connectivity index (χ1) is 5.52. The molecule has 68 valence electrons. The van der Waals surface area contributed by atoms with E-state index >= 15 is 0 Å². The van der Waals surface area contributed by atoms with Gasteiger partial charge in [0.1, 0.15) is 0 Å². The number of rotatable bonds is 1. The summed E-state index contributed by atoms with van der Waals surface area (Å²) in [6.07, 6.45) is 1.77. The predicted octanol–water partition coefficient (Wildman–Crippen LogP) is 1.54. The quantitative estimate of drug-likeness (QED) is 0.644. The van der Waals surface area contributed by atoms with Crippen LogP contribution in [0.1, 0.15) is 27.2 Å². The van der Waals surface area contributed by atoms with Gasteiger partial charge in [-0.1, -0.05) is 13.8 Å². The number of hydrogen-bond acceptors (Lipinski definition) is 2. The molecule has 2 unspecified atom stereocenters. The third kappa shape index (κ3) is 1.75. The molecule has 0 aromatic carbocycles. The zero-order valence-corrected chi connectivity index (χ0v) is 7.87. The summed E-state index contributed by atoms with van der Waals surface area (Å²) < 4.78 is 0. The van der Waals surface area contributed by atoms with Gasteiger partial charge in [-0.25, -0.2) is 0 Å². The van der Waals surface area contributed by atoms with Crippen molar-refractivity contribution in [2.24, 2.45) is 11.8 Å². The molecule has 2 nitrogen and oxygen atoms in total. The average molecular weight is 168 g/mol. The minimum atomic E-state index is -0.407. The zero-order valence-electron chi connectivity index (χ0n) is 7.87. The van der Waals surface area contributed by atoms with Gasteiger partial charge in [-0.05, 0) is 30.9 Å². The lowest BCUT2D eigenvalue weighted by Crippen LogP contribution is -2.29. The van der Waals surface area contributed by atoms with Gasteiger partial charge in [0, 0.05) is 5.92 Å². The monoisotopic (exact) mass is 168 g/mol. The van der Waals surface area contributed by atoms with Crippen molar-refractivity contribution in [1.29, 1.82) is 0 Å². The molecule has 2 atom stereocenters. The Morgan fingerprint density at radius 3 is 2.67 bits per heavy atom. The van der Waals surface area contributed by atoms with E-state index in [2.05, 4.69) is 0 Å². The second kappa shape index (κ2) is 3.40. The van der Waals surface area contributed by atoms with Gasteiger partial charge < -0.3 is 5.11 Å². The van der Waals surface area contributed by atoms with Crippen LogP contribution in [0.2, 0.25) is 0 Å². The highest BCUT2D eigenvalue weighted by molar-refractivity contribution is 5.93. The van der Waals surface area contributed by atoms with Crippen molar-refractivity contribution in [3.05, 3.63) is 11.6 Å². The van der Waals surface area contributed by atoms with Crippen LogP contribution < -0.4 is 0 Å². The average Bonchev–Trinajstić information content (AvgIpc) is 1.96. The Morgan fingerprint density at radius 1 is 1.58 bits per heavy atom. The molecule has 0 heterocycles. The molecule has 1 aliphatic carbocycles. The minimum Gasteiger partial charge on any atom is -0.389 e. The van der Waals surface area contributed by atoms with Crippen LogP contribution in [0.5, 0.6) is 0 Å². The highest BCUT2D eigenvalue weighted by Gasteiger charge is 2.28. The van der Waals surface area contributed by atoms with E-state index in [9.17, 15) is 9.90 Å². The van der Waals surface area contributed by atoms with Crippen molar-refractivity contribution in [2.75, 3.05) is 0 Å². The highest BCUT2D eigenvalue weighted by atomic mass is 16.3. The third-order valence-corrected chi connectivity index (χ3v) is 2.54. The Balaban J connectivity index is 2.79. The van der Waals surface area contributed by atoms with Gasteiger partial charge in [-0.15, -0.1) is 0 Å². The first kappa shape index (κ1) is 9.46. The van der Waals surface area contributed by atoms with E-state index in [1.54, 1.807) is 13.0 Å². The van der Waals surface area contributed by atoms with E-state index in [1.807, 2.05) is 13.8 Å². The third-order valence-electron chi connectivity index (χ3n) is 2.54. The van der Waals surface area contributed by atoms with E-state index in [1.165, 1.54) is 0 Å². The molecule has 0 fully saturated rings. The molecule has 0 saturated carbocycles. The molecule has 0 spiro atoms. The molecule has 1 rings (SSSR count). The van der Waals surface area contributed by atoms with Gasteiger partial charge >= 0.3 is 0 Å². The van der Waals surface area contributed by atoms with Crippen molar-refractivity contribution in [1.82, 2.24) is 0 Å². The van der Waals surface area contributed by atoms with Gasteiger partial charge in [0.2, 0.25) is 0 Å². The van der Waals surface area contributed by atoms with Crippen LogP contribution >= 0.6 is 0 Å². The maximum absolute atomic E-state index is 11.4. The van der Waals surface area contributed by atoms with Gasteiger partial charge in [-0.2, -0.15) is 0 Å². The van der Waals surface area contributed by atoms with E-state index in [-0.39, 0.29) is 11.7 Å². The summed E-state index contributed by atoms with van der Waals surface area (Å²) in [6, 6.07) is 0. The molecule has 0 amide bonds. The largest absolute Gasteiger partial charge is 0.389 e. The van der Waals surface area contributed by atoms with Crippen LogP contribution in [0.3, 0.4) is 0 Å². The van der Waals surface area contributed by atoms with Gasteiger partial charge in [0.05, 0.1) is 6.10 Å². The smallest absolute Gasteiger partial charge is 0.159 e. The number of carbonyl (C=O) groups excluding carboxylic acids is 1. The van der Waals surface area contributed by atoms with Gasteiger partial charge in [-0.3, -0.25) is 4.79 Å². The number of allylic oxidation sites excluding steroid dienone is 1. The zero-order chi connectivity index (χ0) is 9.30. The van der Waals surface area contributed by atoms with Crippen LogP contribution in [0, 0.1) is 11.8 Å². The molecule has 12 heavy (non-hydrogen) atoms. The molecule has 1 aliphatic rings. The second-order valence-corrected chi connectivity index (χ2v) is 3.89. The van der Waals surface area contributed by atoms with E-state index in [0.29, 0.717) is 12.3 Å². The summed E-state index contributed by atoms with van der Waals surface area (Å²) in [5.74, 6) is 0.521. The van der Waals surface area contributed by atoms with Crippen LogP contribution in [0.25, 0.3) is 0 Å². The molecule has 0 aromatic heterocycles. The predicted molar refractivity (Wildman–Crippen MR) is 47.7 cm³/mol. The first-order valence-corrected chi connectivity index (χ1v) is 4.42. The van der Waals surface area contributed by atoms with Crippen LogP contribution in [0.4, 0.5) is 0 Å². The van der Waals surface area contributed by atoms with Crippen LogP contribution in [-0.4, -0.2) is 17.0 Å². The second-order valence-electron chi connectivity index (χ2n) is 3.89. The Morgan fingerprint density at radius 2 is 2.17 bits per heavy atom. The van der Waals surface area contributed by atoms with E-state index in [4.69, 9.17) is 0 Å². The lowest BCUT2D eigenvalue weighted by Gasteiger charge is -2.26. The molecule has 0 radical (unpaired) electrons. The first-order valence-electron chi connectivity index (χ1n) is 4.42. The Kier molecular flexibility index (Phi) is 2.68. The molecule has 0 aliphatic heterocycles. The molecular formula is C10H16O2. The normalized spacial score (nSPS) is 30.8. The number of hydrogen-bond donors (Lipinski definition) is 1. The minimum absolute atomic E-state index is 0.0173. The summed E-state index contributed by atoms with van der Waals surface area (Å²) in [7, 11) is 0. The molecule has 0 aromatic rings. The van der Waals surface area contributed by atoms with E-state index in [0.717, 1.165) is 5.57 Å². The lowest BCUT2D eigenvalue weighted by molar-refractivity contribution is -0.121. The van der Waals surface area contributed by atoms with E-state index < -0.39 is 6.10 Å². The maximum atomic E-state index is 11.4. The van der Waals surface area contributed by atoms with Crippen molar-refractivity contribution in [3.8, 4) is 0 Å². The number of aliphatic hydroxyl groups excluding tert-OH is 1. The summed E-state index contributed by atoms with van der Waals surface area (Å²) in [4.78, 5) is 11.4. The van der Waals surface area contributed by atoms with Crippen molar-refractivity contribution in [3.63, 3.8) is 0 Å². The van der Waals surface area contributed by atoms with Crippen molar-refractivity contribution >= 4 is 5.78 Å². The topological polar surface area (TPSA) is 37.3 Å². The maximum Gasteiger partial charge on any atom is 0.159 e. The molecule has 0 bridgehead atoms. The SMILES string of the molecule is CC1=CC(=O)C(C(C)C)CC1O. The van der Waals surface area contributed by atoms with Crippen molar-refractivity contribution in [2.45, 2.75) is 33.3 Å². The standard InChI is InChI=1S/C10H16O2/c1-6(2)8-5-9(11)7(3)4-10(8)12/h4,6,8-9,11H,5H2,1-3H3. The number of aliphatic hydroxyl groups is 1. The lowest BCUT2D eigenvalue weighted by atomic mass is 9.80. The van der Waals surface area contributed by atoms with Gasteiger partial charge in [0.15, 0.2) is 5.78 Å².